The van der Waals surface area contributed by atoms with Crippen molar-refractivity contribution in [2.24, 2.45) is 0 Å². The van der Waals surface area contributed by atoms with Crippen molar-refractivity contribution < 1.29 is 75.8 Å². The predicted molar refractivity (Wildman–Crippen MR) is 481 cm³/mol. The largest absolute Gasteiger partial charge is 0.472 e. The first kappa shape index (κ1) is 110. The zero-order valence-electron chi connectivity index (χ0n) is 72.1. The van der Waals surface area contributed by atoms with Crippen LogP contribution >= 0.6 is 15.6 Å². The maximum Gasteiger partial charge on any atom is 0.472 e. The summed E-state index contributed by atoms with van der Waals surface area (Å²) in [5, 5.41) is 20.7. The molecule has 4 N–H and O–H groups in total. The number of ether oxygens (including phenoxy) is 3. The van der Waals surface area contributed by atoms with E-state index in [9.17, 15) is 43.5 Å². The standard InChI is InChI=1S/C97H162O16P2/c1-4-7-10-13-16-19-22-25-28-31-34-37-40-42-44-45-47-49-51-53-56-59-62-65-68-71-74-77-80-83-95(100)107-86-92(98)87-109-114(103,104)110-88-93(99)89-111-115(105,106)112-91-94(113-97(102)85-82-79-76-73-70-67-64-61-58-55-50-39-36-33-30-27-24-21-18-15-12-9-6-3)90-108-96(101)84-81-78-75-72-69-66-63-60-57-54-52-48-46-43-41-38-35-32-29-26-23-20-17-14-11-8-5-2/h7-12,16-21,25-30,34-39,42-44,46,55,58,92-94,98-99H,4-6,13-15,22-24,31-33,40-41,45,47-54,56-57,59-91H2,1-3H3,(H,103,104)(H,105,106)/b10-7-,11-8-,12-9-,19-16-,20-17-,21-18-,28-25-,29-26-,30-27-,37-34-,38-35-,39-36-,44-42-,46-43-,58-55-. The van der Waals surface area contributed by atoms with Gasteiger partial charge in [0.15, 0.2) is 6.10 Å². The van der Waals surface area contributed by atoms with E-state index in [1.807, 2.05) is 0 Å². The van der Waals surface area contributed by atoms with Crippen molar-refractivity contribution in [3.05, 3.63) is 182 Å². The van der Waals surface area contributed by atoms with E-state index in [0.717, 1.165) is 199 Å². The molecule has 0 spiro atoms. The SMILES string of the molecule is CC/C=C\C/C=C\C/C=C\C/C=C\C/C=C\CCCCCCCCCCCCCCCC(=O)OCC(O)COP(=O)(O)OCC(O)COP(=O)(O)OCC(COC(=O)CCCCCCCCCCCCC/C=C\C/C=C\C/C=C\C/C=C\C/C=C\CC)OC(=O)CCCCCCCCC/C=C\C/C=C\C/C=C\C/C=C\C/C=C\CC. The predicted octanol–water partition coefficient (Wildman–Crippen LogP) is 27.7. The van der Waals surface area contributed by atoms with Gasteiger partial charge in [0.1, 0.15) is 25.4 Å². The molecule has 5 atom stereocenters. The number of aliphatic hydroxyl groups excluding tert-OH is 2. The van der Waals surface area contributed by atoms with Crippen LogP contribution in [-0.2, 0) is 55.8 Å². The number of esters is 3. The summed E-state index contributed by atoms with van der Waals surface area (Å²) in [5.74, 6) is -1.59. The summed E-state index contributed by atoms with van der Waals surface area (Å²) in [6.07, 6.45) is 115. The minimum atomic E-state index is -4.95. The Hall–Kier alpha value is -5.35. The third-order valence-corrected chi connectivity index (χ3v) is 20.5. The van der Waals surface area contributed by atoms with Crippen LogP contribution in [0, 0.1) is 0 Å². The summed E-state index contributed by atoms with van der Waals surface area (Å²) in [5.41, 5.74) is 0. The van der Waals surface area contributed by atoms with Crippen LogP contribution < -0.4 is 0 Å². The van der Waals surface area contributed by atoms with Crippen molar-refractivity contribution in [3.8, 4) is 0 Å². The minimum Gasteiger partial charge on any atom is -0.463 e. The number of hydrogen-bond acceptors (Lipinski definition) is 14. The molecule has 656 valence electrons. The molecular weight excluding hydrogens is 1480 g/mol. The molecule has 0 saturated carbocycles. The Balaban J connectivity index is 4.65. The van der Waals surface area contributed by atoms with E-state index in [4.69, 9.17) is 32.3 Å². The Morgan fingerprint density at radius 2 is 0.435 bits per heavy atom. The summed E-state index contributed by atoms with van der Waals surface area (Å²) in [6, 6.07) is 0. The summed E-state index contributed by atoms with van der Waals surface area (Å²) in [7, 11) is -9.82. The van der Waals surface area contributed by atoms with Crippen molar-refractivity contribution in [3.63, 3.8) is 0 Å². The molecule has 18 heteroatoms. The zero-order chi connectivity index (χ0) is 83.6. The Morgan fingerprint density at radius 1 is 0.243 bits per heavy atom. The second kappa shape index (κ2) is 87.9. The number of unbranched alkanes of at least 4 members (excludes halogenated alkanes) is 31. The molecule has 0 saturated heterocycles. The maximum atomic E-state index is 13.1. The molecule has 0 aromatic carbocycles. The Bertz CT molecular complexity index is 2820. The van der Waals surface area contributed by atoms with Gasteiger partial charge in [-0.15, -0.1) is 0 Å². The zero-order valence-corrected chi connectivity index (χ0v) is 73.9. The van der Waals surface area contributed by atoms with Crippen molar-refractivity contribution in [1.82, 2.24) is 0 Å². The van der Waals surface area contributed by atoms with E-state index in [1.165, 1.54) is 96.3 Å². The smallest absolute Gasteiger partial charge is 0.463 e. The molecule has 0 aromatic heterocycles. The lowest BCUT2D eigenvalue weighted by molar-refractivity contribution is -0.161. The molecule has 0 heterocycles. The van der Waals surface area contributed by atoms with Gasteiger partial charge in [-0.05, 0) is 154 Å². The van der Waals surface area contributed by atoms with Crippen LogP contribution in [0.15, 0.2) is 182 Å². The van der Waals surface area contributed by atoms with Gasteiger partial charge in [-0.2, -0.15) is 0 Å². The lowest BCUT2D eigenvalue weighted by atomic mass is 10.0. The number of aliphatic hydroxyl groups is 2. The number of allylic oxidation sites excluding steroid dienone is 30. The van der Waals surface area contributed by atoms with Crippen LogP contribution in [0.5, 0.6) is 0 Å². The molecule has 0 radical (unpaired) electrons. The van der Waals surface area contributed by atoms with E-state index in [1.54, 1.807) is 0 Å². The lowest BCUT2D eigenvalue weighted by Gasteiger charge is -2.21. The van der Waals surface area contributed by atoms with Gasteiger partial charge in [-0.25, -0.2) is 9.13 Å². The summed E-state index contributed by atoms with van der Waals surface area (Å²) in [6.45, 7) is 2.36. The van der Waals surface area contributed by atoms with Crippen LogP contribution in [0.1, 0.15) is 355 Å². The summed E-state index contributed by atoms with van der Waals surface area (Å²) in [4.78, 5) is 59.0. The molecule has 5 unspecified atom stereocenters. The molecule has 0 aliphatic carbocycles. The Morgan fingerprint density at radius 3 is 0.687 bits per heavy atom. The summed E-state index contributed by atoms with van der Waals surface area (Å²) >= 11 is 0. The minimum absolute atomic E-state index is 0.0854. The van der Waals surface area contributed by atoms with Gasteiger partial charge in [0.05, 0.1) is 26.4 Å². The average Bonchev–Trinajstić information content (AvgIpc) is 0.906. The first-order valence-corrected chi connectivity index (χ1v) is 48.1. The fourth-order valence-corrected chi connectivity index (χ4v) is 13.5. The van der Waals surface area contributed by atoms with Gasteiger partial charge >= 0.3 is 33.6 Å². The number of hydrogen-bond donors (Lipinski definition) is 4. The number of phosphoric acid groups is 2. The number of phosphoric ester groups is 2. The lowest BCUT2D eigenvalue weighted by Crippen LogP contribution is -2.30. The second-order valence-electron chi connectivity index (χ2n) is 29.6. The van der Waals surface area contributed by atoms with Crippen LogP contribution in [-0.4, -0.2) is 95.9 Å². The quantitative estimate of drug-likeness (QED) is 0.0146. The van der Waals surface area contributed by atoms with Gasteiger partial charge in [0.2, 0.25) is 0 Å². The highest BCUT2D eigenvalue weighted by molar-refractivity contribution is 7.47. The Labute approximate surface area is 700 Å². The molecule has 115 heavy (non-hydrogen) atoms. The first-order chi connectivity index (χ1) is 56.2. The van der Waals surface area contributed by atoms with E-state index in [0.29, 0.717) is 19.3 Å². The molecule has 16 nitrogen and oxygen atoms in total. The average molecular weight is 1650 g/mol. The van der Waals surface area contributed by atoms with Crippen LogP contribution in [0.2, 0.25) is 0 Å². The molecule has 0 aliphatic heterocycles. The molecule has 0 aliphatic rings. The Kier molecular flexibility index (Phi) is 83.9. The van der Waals surface area contributed by atoms with E-state index in [-0.39, 0.29) is 19.3 Å². The molecule has 0 amide bonds. The van der Waals surface area contributed by atoms with Gasteiger partial charge < -0.3 is 34.2 Å². The molecule has 0 fully saturated rings. The topological polar surface area (TPSA) is 231 Å². The molecule has 0 bridgehead atoms. The fourth-order valence-electron chi connectivity index (χ4n) is 11.9. The highest BCUT2D eigenvalue weighted by atomic mass is 31.2. The van der Waals surface area contributed by atoms with Gasteiger partial charge in [-0.1, -0.05) is 364 Å². The normalized spacial score (nSPS) is 14.7. The number of carbonyl (C=O) groups is 3. The molecular formula is C97H162O16P2. The van der Waals surface area contributed by atoms with E-state index < -0.39 is 91.5 Å². The van der Waals surface area contributed by atoms with Crippen molar-refractivity contribution in [2.45, 2.75) is 373 Å². The fraction of sp³-hybridized carbons (Fsp3) is 0.660. The number of carbonyl (C=O) groups excluding carboxylic acids is 3. The monoisotopic (exact) mass is 1650 g/mol. The highest BCUT2D eigenvalue weighted by Crippen LogP contribution is 2.45. The first-order valence-electron chi connectivity index (χ1n) is 45.1. The molecule has 0 aromatic rings. The van der Waals surface area contributed by atoms with Gasteiger partial charge in [-0.3, -0.25) is 32.5 Å². The van der Waals surface area contributed by atoms with Crippen LogP contribution in [0.4, 0.5) is 0 Å². The maximum absolute atomic E-state index is 13.1. The van der Waals surface area contributed by atoms with E-state index in [2.05, 4.69) is 203 Å². The van der Waals surface area contributed by atoms with Gasteiger partial charge in [0.25, 0.3) is 0 Å². The van der Waals surface area contributed by atoms with Crippen molar-refractivity contribution in [2.75, 3.05) is 39.6 Å². The van der Waals surface area contributed by atoms with Crippen LogP contribution in [0.3, 0.4) is 0 Å². The number of rotatable bonds is 84. The van der Waals surface area contributed by atoms with E-state index >= 15 is 0 Å². The van der Waals surface area contributed by atoms with Crippen molar-refractivity contribution in [1.29, 1.82) is 0 Å². The highest BCUT2D eigenvalue weighted by Gasteiger charge is 2.29. The molecule has 0 rings (SSSR count). The van der Waals surface area contributed by atoms with Crippen LogP contribution in [0.25, 0.3) is 0 Å². The van der Waals surface area contributed by atoms with Gasteiger partial charge in [0, 0.05) is 19.3 Å². The third kappa shape index (κ3) is 89.3. The summed E-state index contributed by atoms with van der Waals surface area (Å²) < 4.78 is 61.5. The third-order valence-electron chi connectivity index (χ3n) is 18.6. The second-order valence-corrected chi connectivity index (χ2v) is 32.5. The van der Waals surface area contributed by atoms with Crippen molar-refractivity contribution >= 4 is 33.6 Å².